The molecule has 0 saturated heterocycles. The van der Waals surface area contributed by atoms with Crippen molar-refractivity contribution in [1.29, 1.82) is 0 Å². The van der Waals surface area contributed by atoms with Gasteiger partial charge in [-0.05, 0) is 71.8 Å². The molecule has 3 heteroatoms. The van der Waals surface area contributed by atoms with Crippen molar-refractivity contribution in [3.63, 3.8) is 0 Å². The van der Waals surface area contributed by atoms with Crippen molar-refractivity contribution < 1.29 is 9.18 Å². The van der Waals surface area contributed by atoms with Gasteiger partial charge in [-0.25, -0.2) is 4.39 Å². The molecule has 0 unspecified atom stereocenters. The number of halogens is 1. The second-order valence-corrected chi connectivity index (χ2v) is 8.38. The first-order chi connectivity index (χ1) is 15.0. The summed E-state index contributed by atoms with van der Waals surface area (Å²) in [7, 11) is 0. The fourth-order valence-corrected chi connectivity index (χ4v) is 4.48. The van der Waals surface area contributed by atoms with E-state index in [4.69, 9.17) is 0 Å². The Kier molecular flexibility index (Phi) is 4.48. The number of para-hydroxylation sites is 2. The average Bonchev–Trinajstić information content (AvgIpc) is 2.80. The van der Waals surface area contributed by atoms with Gasteiger partial charge in [0.1, 0.15) is 5.82 Å². The highest BCUT2D eigenvalue weighted by Crippen LogP contribution is 2.51. The van der Waals surface area contributed by atoms with Crippen LogP contribution in [0, 0.1) is 5.82 Å². The summed E-state index contributed by atoms with van der Waals surface area (Å²) in [4.78, 5) is 15.0. The average molecular weight is 407 g/mol. The molecule has 0 fully saturated rings. The highest BCUT2D eigenvalue weighted by Gasteiger charge is 2.36. The van der Waals surface area contributed by atoms with Crippen LogP contribution < -0.4 is 4.90 Å². The molecule has 0 bridgehead atoms. The summed E-state index contributed by atoms with van der Waals surface area (Å²) in [5.74, 6) is -0.468. The van der Waals surface area contributed by atoms with E-state index < -0.39 is 0 Å². The van der Waals surface area contributed by atoms with Gasteiger partial charge in [0.2, 0.25) is 0 Å². The van der Waals surface area contributed by atoms with E-state index in [1.807, 2.05) is 24.3 Å². The van der Waals surface area contributed by atoms with Crippen molar-refractivity contribution in [2.45, 2.75) is 19.3 Å². The molecule has 1 heterocycles. The van der Waals surface area contributed by atoms with Crippen LogP contribution in [0.4, 0.5) is 21.5 Å². The first-order valence-corrected chi connectivity index (χ1v) is 10.4. The van der Waals surface area contributed by atoms with E-state index in [1.54, 1.807) is 0 Å². The Balaban J connectivity index is 1.58. The molecule has 5 rings (SSSR count). The molecule has 0 atom stereocenters. The van der Waals surface area contributed by atoms with Crippen LogP contribution in [-0.2, 0) is 5.41 Å². The normalized spacial score (nSPS) is 14.0. The van der Waals surface area contributed by atoms with E-state index in [1.165, 1.54) is 35.4 Å². The maximum Gasteiger partial charge on any atom is 0.193 e. The molecule has 0 aliphatic carbocycles. The van der Waals surface area contributed by atoms with Gasteiger partial charge in [-0.1, -0.05) is 50.2 Å². The molecule has 0 amide bonds. The molecule has 0 saturated carbocycles. The summed E-state index contributed by atoms with van der Waals surface area (Å²) >= 11 is 0. The minimum absolute atomic E-state index is 0.109. The van der Waals surface area contributed by atoms with Crippen molar-refractivity contribution in [2.24, 2.45) is 0 Å². The molecule has 1 aliphatic rings. The van der Waals surface area contributed by atoms with Crippen LogP contribution in [0.2, 0.25) is 0 Å². The minimum atomic E-state index is -0.350. The Morgan fingerprint density at radius 1 is 0.677 bits per heavy atom. The molecule has 4 aromatic rings. The van der Waals surface area contributed by atoms with E-state index in [0.29, 0.717) is 11.1 Å². The minimum Gasteiger partial charge on any atom is -0.310 e. The smallest absolute Gasteiger partial charge is 0.193 e. The number of hydrogen-bond donors (Lipinski definition) is 0. The molecular weight excluding hydrogens is 385 g/mol. The fraction of sp³-hybridized carbons (Fsp3) is 0.107. The lowest BCUT2D eigenvalue weighted by molar-refractivity contribution is 0.103. The first kappa shape index (κ1) is 19.3. The molecule has 152 valence electrons. The number of hydrogen-bond acceptors (Lipinski definition) is 2. The summed E-state index contributed by atoms with van der Waals surface area (Å²) in [5.41, 5.74) is 6.75. The number of carbonyl (C=O) groups is 1. The van der Waals surface area contributed by atoms with E-state index in [9.17, 15) is 9.18 Å². The molecule has 0 aromatic heterocycles. The first-order valence-electron chi connectivity index (χ1n) is 10.4. The van der Waals surface area contributed by atoms with Gasteiger partial charge >= 0.3 is 0 Å². The lowest BCUT2D eigenvalue weighted by atomic mass is 9.73. The predicted octanol–water partition coefficient (Wildman–Crippen LogP) is 7.17. The zero-order chi connectivity index (χ0) is 21.6. The van der Waals surface area contributed by atoms with Crippen LogP contribution in [0.3, 0.4) is 0 Å². The third-order valence-electron chi connectivity index (χ3n) is 6.13. The molecule has 0 radical (unpaired) electrons. The summed E-state index contributed by atoms with van der Waals surface area (Å²) in [6.07, 6.45) is 0. The molecule has 4 aromatic carbocycles. The van der Waals surface area contributed by atoms with Gasteiger partial charge in [0, 0.05) is 22.2 Å². The van der Waals surface area contributed by atoms with E-state index >= 15 is 0 Å². The second-order valence-electron chi connectivity index (χ2n) is 8.38. The van der Waals surface area contributed by atoms with Crippen LogP contribution in [0.15, 0.2) is 97.1 Å². The topological polar surface area (TPSA) is 20.3 Å². The molecule has 2 nitrogen and oxygen atoms in total. The SMILES string of the molecule is CC1(C)c2ccccc2N(c2ccc(C(=O)c3ccc(F)cc3)cc2)c2ccccc21. The lowest BCUT2D eigenvalue weighted by Gasteiger charge is -2.42. The van der Waals surface area contributed by atoms with Crippen molar-refractivity contribution in [1.82, 2.24) is 0 Å². The Morgan fingerprint density at radius 2 is 1.13 bits per heavy atom. The number of carbonyl (C=O) groups excluding carboxylic acids is 1. The number of ketones is 1. The van der Waals surface area contributed by atoms with Gasteiger partial charge in [0.15, 0.2) is 5.78 Å². The largest absolute Gasteiger partial charge is 0.310 e. The maximum atomic E-state index is 13.2. The zero-order valence-corrected chi connectivity index (χ0v) is 17.5. The van der Waals surface area contributed by atoms with Crippen LogP contribution in [0.25, 0.3) is 0 Å². The summed E-state index contributed by atoms with van der Waals surface area (Å²) < 4.78 is 13.2. The van der Waals surface area contributed by atoms with Crippen molar-refractivity contribution >= 4 is 22.8 Å². The maximum absolute atomic E-state index is 13.2. The quantitative estimate of drug-likeness (QED) is 0.336. The molecule has 0 N–H and O–H groups in total. The van der Waals surface area contributed by atoms with Crippen LogP contribution in [-0.4, -0.2) is 5.78 Å². The van der Waals surface area contributed by atoms with Gasteiger partial charge in [0.25, 0.3) is 0 Å². The predicted molar refractivity (Wildman–Crippen MR) is 123 cm³/mol. The van der Waals surface area contributed by atoms with E-state index in [0.717, 1.165) is 17.1 Å². The highest BCUT2D eigenvalue weighted by atomic mass is 19.1. The van der Waals surface area contributed by atoms with Crippen LogP contribution in [0.1, 0.15) is 40.9 Å². The third kappa shape index (κ3) is 3.14. The molecule has 31 heavy (non-hydrogen) atoms. The summed E-state index contributed by atoms with van der Waals surface area (Å²) in [6, 6.07) is 30.2. The van der Waals surface area contributed by atoms with Crippen molar-refractivity contribution in [3.05, 3.63) is 125 Å². The van der Waals surface area contributed by atoms with Gasteiger partial charge in [0.05, 0.1) is 11.4 Å². The van der Waals surface area contributed by atoms with Gasteiger partial charge < -0.3 is 4.90 Å². The Labute approximate surface area is 181 Å². The molecule has 0 spiro atoms. The van der Waals surface area contributed by atoms with E-state index in [-0.39, 0.29) is 17.0 Å². The lowest BCUT2D eigenvalue weighted by Crippen LogP contribution is -2.30. The third-order valence-corrected chi connectivity index (χ3v) is 6.13. The number of rotatable bonds is 3. The standard InChI is InChI=1S/C28H22FNO/c1-28(2)23-7-3-5-9-25(23)30(26-10-6-4-8-24(26)28)22-17-13-20(14-18-22)27(31)19-11-15-21(29)16-12-19/h3-18H,1-2H3. The van der Waals surface area contributed by atoms with Crippen LogP contribution in [0.5, 0.6) is 0 Å². The Hall–Kier alpha value is -3.72. The molecule has 1 aliphatic heterocycles. The zero-order valence-electron chi connectivity index (χ0n) is 17.5. The van der Waals surface area contributed by atoms with Crippen molar-refractivity contribution in [2.75, 3.05) is 4.90 Å². The second kappa shape index (κ2) is 7.21. The number of nitrogens with zero attached hydrogens (tertiary/aromatic N) is 1. The Bertz CT molecular complexity index is 1220. The molecular formula is C28H22FNO. The van der Waals surface area contributed by atoms with Gasteiger partial charge in [-0.2, -0.15) is 0 Å². The van der Waals surface area contributed by atoms with Gasteiger partial charge in [-0.3, -0.25) is 4.79 Å². The van der Waals surface area contributed by atoms with Crippen LogP contribution >= 0.6 is 0 Å². The summed E-state index contributed by atoms with van der Waals surface area (Å²) in [6.45, 7) is 4.51. The summed E-state index contributed by atoms with van der Waals surface area (Å²) in [5, 5.41) is 0. The monoisotopic (exact) mass is 407 g/mol. The highest BCUT2D eigenvalue weighted by molar-refractivity contribution is 6.09. The number of fused-ring (bicyclic) bond motifs is 2. The number of benzene rings is 4. The van der Waals surface area contributed by atoms with Gasteiger partial charge in [-0.15, -0.1) is 0 Å². The Morgan fingerprint density at radius 3 is 1.65 bits per heavy atom. The number of anilines is 3. The van der Waals surface area contributed by atoms with Crippen molar-refractivity contribution in [3.8, 4) is 0 Å². The van der Waals surface area contributed by atoms with E-state index in [2.05, 4.69) is 67.3 Å². The fourth-order valence-electron chi connectivity index (χ4n) is 4.48.